The van der Waals surface area contributed by atoms with Gasteiger partial charge < -0.3 is 5.11 Å². The molecule has 2 heterocycles. The Morgan fingerprint density at radius 1 is 1.08 bits per heavy atom. The lowest BCUT2D eigenvalue weighted by molar-refractivity contribution is 0.429. The largest absolute Gasteiger partial charge is 0.494 e. The van der Waals surface area contributed by atoms with E-state index >= 15 is 0 Å². The van der Waals surface area contributed by atoms with E-state index in [1.165, 1.54) is 6.08 Å². The van der Waals surface area contributed by atoms with E-state index in [-0.39, 0.29) is 5.56 Å². The van der Waals surface area contributed by atoms with Crippen molar-refractivity contribution in [3.8, 4) is 11.6 Å². The summed E-state index contributed by atoms with van der Waals surface area (Å²) in [6, 6.07) is 14.6. The number of aromatic hydroxyl groups is 1. The van der Waals surface area contributed by atoms with Gasteiger partial charge in [0.2, 0.25) is 5.88 Å². The molecule has 128 valence electrons. The molecule has 0 saturated carbocycles. The number of nitrogens with one attached hydrogen (secondary N) is 1. The van der Waals surface area contributed by atoms with Crippen LogP contribution in [0.5, 0.6) is 5.88 Å². The van der Waals surface area contributed by atoms with Crippen LogP contribution in [0.3, 0.4) is 0 Å². The number of benzene rings is 2. The highest BCUT2D eigenvalue weighted by molar-refractivity contribution is 5.67. The average Bonchev–Trinajstić information content (AvgIpc) is 3.03. The van der Waals surface area contributed by atoms with Crippen molar-refractivity contribution in [2.75, 3.05) is 0 Å². The number of rotatable bonds is 2. The fourth-order valence-electron chi connectivity index (χ4n) is 2.87. The second-order valence-corrected chi connectivity index (χ2v) is 6.05. The Labute approximate surface area is 147 Å². The van der Waals surface area contributed by atoms with E-state index in [4.69, 9.17) is 0 Å². The van der Waals surface area contributed by atoms with Gasteiger partial charge in [-0.05, 0) is 37.3 Å². The highest BCUT2D eigenvalue weighted by Crippen LogP contribution is 2.19. The normalized spacial score (nSPS) is 14.0. The third kappa shape index (κ3) is 2.67. The first-order valence-corrected chi connectivity index (χ1v) is 8.05. The van der Waals surface area contributed by atoms with E-state index in [1.54, 1.807) is 12.1 Å². The van der Waals surface area contributed by atoms with Crippen LogP contribution in [-0.2, 0) is 0 Å². The SMILES string of the molecule is Cc1ccc(-n2c(O)c(/C=C3\C=c4ccccc4=N3)c(=O)[nH]c2=O)cc1. The second-order valence-electron chi connectivity index (χ2n) is 6.05. The van der Waals surface area contributed by atoms with Crippen molar-refractivity contribution in [2.45, 2.75) is 6.92 Å². The molecule has 0 saturated heterocycles. The third-order valence-electron chi connectivity index (χ3n) is 4.19. The summed E-state index contributed by atoms with van der Waals surface area (Å²) >= 11 is 0. The van der Waals surface area contributed by atoms with Crippen molar-refractivity contribution in [3.63, 3.8) is 0 Å². The van der Waals surface area contributed by atoms with Crippen LogP contribution < -0.4 is 21.8 Å². The Hall–Kier alpha value is -3.67. The van der Waals surface area contributed by atoms with Gasteiger partial charge in [-0.15, -0.1) is 0 Å². The molecule has 0 spiro atoms. The summed E-state index contributed by atoms with van der Waals surface area (Å²) in [5, 5.41) is 12.3. The van der Waals surface area contributed by atoms with E-state index in [9.17, 15) is 14.7 Å². The first-order chi connectivity index (χ1) is 12.5. The molecule has 0 fully saturated rings. The predicted octanol–water partition coefficient (Wildman–Crippen LogP) is 0.995. The number of H-pyrrole nitrogens is 1. The molecule has 6 nitrogen and oxygen atoms in total. The maximum Gasteiger partial charge on any atom is 0.335 e. The minimum absolute atomic E-state index is 0.0204. The Balaban J connectivity index is 1.91. The summed E-state index contributed by atoms with van der Waals surface area (Å²) in [6.45, 7) is 1.92. The molecular weight excluding hydrogens is 330 g/mol. The number of para-hydroxylation sites is 1. The monoisotopic (exact) mass is 345 g/mol. The number of allylic oxidation sites excluding steroid dienone is 1. The molecule has 1 aromatic heterocycles. The van der Waals surface area contributed by atoms with Crippen molar-refractivity contribution in [1.82, 2.24) is 9.55 Å². The Morgan fingerprint density at radius 3 is 2.54 bits per heavy atom. The number of aromatic nitrogens is 2. The van der Waals surface area contributed by atoms with Gasteiger partial charge >= 0.3 is 5.69 Å². The molecule has 0 unspecified atom stereocenters. The number of fused-ring (bicyclic) bond motifs is 1. The first-order valence-electron chi connectivity index (χ1n) is 8.05. The van der Waals surface area contributed by atoms with Crippen LogP contribution in [0.2, 0.25) is 0 Å². The first kappa shape index (κ1) is 15.8. The zero-order valence-electron chi connectivity index (χ0n) is 13.9. The smallest absolute Gasteiger partial charge is 0.335 e. The highest BCUT2D eigenvalue weighted by atomic mass is 16.3. The number of aromatic amines is 1. The van der Waals surface area contributed by atoms with E-state index in [0.29, 0.717) is 11.4 Å². The zero-order valence-corrected chi connectivity index (χ0v) is 13.9. The molecule has 26 heavy (non-hydrogen) atoms. The molecule has 6 heteroatoms. The Morgan fingerprint density at radius 2 is 1.81 bits per heavy atom. The predicted molar refractivity (Wildman–Crippen MR) is 98.7 cm³/mol. The standard InChI is InChI=1S/C20H15N3O3/c1-12-6-8-15(9-7-12)23-19(25)16(18(24)22-20(23)26)11-14-10-13-4-2-3-5-17(13)21-14/h2-11,25H,1H3,(H,22,24,26)/b14-11+. The maximum absolute atomic E-state index is 12.2. The maximum atomic E-state index is 12.2. The van der Waals surface area contributed by atoms with E-state index < -0.39 is 17.1 Å². The lowest BCUT2D eigenvalue weighted by Gasteiger charge is -2.10. The van der Waals surface area contributed by atoms with Crippen LogP contribution in [0.4, 0.5) is 0 Å². The van der Waals surface area contributed by atoms with Gasteiger partial charge in [-0.2, -0.15) is 0 Å². The van der Waals surface area contributed by atoms with Crippen LogP contribution in [0.15, 0.2) is 68.8 Å². The van der Waals surface area contributed by atoms with Crippen molar-refractivity contribution >= 4 is 12.2 Å². The molecule has 0 bridgehead atoms. The molecule has 4 rings (SSSR count). The van der Waals surface area contributed by atoms with Crippen molar-refractivity contribution in [2.24, 2.45) is 4.99 Å². The van der Waals surface area contributed by atoms with E-state index in [2.05, 4.69) is 9.98 Å². The van der Waals surface area contributed by atoms with Crippen LogP contribution in [0, 0.1) is 6.92 Å². The van der Waals surface area contributed by atoms with Crippen LogP contribution in [0.25, 0.3) is 17.8 Å². The molecule has 1 aliphatic rings. The number of nitrogens with zero attached hydrogens (tertiary/aromatic N) is 2. The van der Waals surface area contributed by atoms with Crippen LogP contribution in [0.1, 0.15) is 11.1 Å². The summed E-state index contributed by atoms with van der Waals surface area (Å²) < 4.78 is 1.06. The van der Waals surface area contributed by atoms with Crippen molar-refractivity contribution in [3.05, 3.63) is 96.8 Å². The van der Waals surface area contributed by atoms with Crippen molar-refractivity contribution in [1.29, 1.82) is 0 Å². The topological polar surface area (TPSA) is 87.4 Å². The molecular formula is C20H15N3O3. The second kappa shape index (κ2) is 6.00. The highest BCUT2D eigenvalue weighted by Gasteiger charge is 2.15. The average molecular weight is 345 g/mol. The molecule has 0 atom stereocenters. The van der Waals surface area contributed by atoms with Gasteiger partial charge in [-0.3, -0.25) is 9.78 Å². The van der Waals surface area contributed by atoms with Gasteiger partial charge in [-0.25, -0.2) is 14.4 Å². The molecule has 0 aliphatic carbocycles. The van der Waals surface area contributed by atoms with Crippen LogP contribution in [-0.4, -0.2) is 14.7 Å². The Bertz CT molecular complexity index is 1240. The summed E-state index contributed by atoms with van der Waals surface area (Å²) in [5.41, 5.74) is 0.626. The molecule has 3 aromatic rings. The number of hydrogen-bond donors (Lipinski definition) is 2. The summed E-state index contributed by atoms with van der Waals surface area (Å²) in [7, 11) is 0. The van der Waals surface area contributed by atoms with E-state index in [0.717, 1.165) is 20.7 Å². The molecule has 0 radical (unpaired) electrons. The summed E-state index contributed by atoms with van der Waals surface area (Å²) in [5.74, 6) is -0.422. The number of hydrogen-bond acceptors (Lipinski definition) is 4. The van der Waals surface area contributed by atoms with Gasteiger partial charge in [0.1, 0.15) is 5.56 Å². The molecule has 2 aromatic carbocycles. The molecule has 1 aliphatic heterocycles. The minimum atomic E-state index is -0.700. The third-order valence-corrected chi connectivity index (χ3v) is 4.19. The van der Waals surface area contributed by atoms with E-state index in [1.807, 2.05) is 49.4 Å². The number of aryl methyl sites for hydroxylation is 1. The van der Waals surface area contributed by atoms with Gasteiger partial charge in [0, 0.05) is 5.22 Å². The quantitative estimate of drug-likeness (QED) is 0.726. The summed E-state index contributed by atoms with van der Waals surface area (Å²) in [6.07, 6.45) is 3.29. The van der Waals surface area contributed by atoms with Gasteiger partial charge in [-0.1, -0.05) is 35.9 Å². The van der Waals surface area contributed by atoms with Crippen LogP contribution >= 0.6 is 0 Å². The fraction of sp³-hybridized carbons (Fsp3) is 0.0500. The fourth-order valence-corrected chi connectivity index (χ4v) is 2.87. The van der Waals surface area contributed by atoms with Crippen molar-refractivity contribution < 1.29 is 5.11 Å². The molecule has 2 N–H and O–H groups in total. The molecule has 0 amide bonds. The van der Waals surface area contributed by atoms with Gasteiger partial charge in [0.25, 0.3) is 5.56 Å². The minimum Gasteiger partial charge on any atom is -0.494 e. The zero-order chi connectivity index (χ0) is 18.3. The van der Waals surface area contributed by atoms with Gasteiger partial charge in [0.05, 0.1) is 16.7 Å². The Kier molecular flexibility index (Phi) is 3.65. The van der Waals surface area contributed by atoms with Gasteiger partial charge in [0.15, 0.2) is 0 Å². The lowest BCUT2D eigenvalue weighted by atomic mass is 10.2. The summed E-state index contributed by atoms with van der Waals surface area (Å²) in [4.78, 5) is 31.1. The lowest BCUT2D eigenvalue weighted by Crippen LogP contribution is -2.30.